The Morgan fingerprint density at radius 1 is 1.09 bits per heavy atom. The largest absolute Gasteiger partial charge is 0.391 e. The topological polar surface area (TPSA) is 65.5 Å². The van der Waals surface area contributed by atoms with Gasteiger partial charge in [-0.25, -0.2) is 4.98 Å². The standard InChI is InChI=1S/C18H27N3O2/c22-16-8-4-3-7-15(16)20-18(23)14-9-10-17(19-13-14)21-11-5-1-2-6-12-21/h9-10,13,15-16,22H,1-8,11-12H2,(H,20,23). The van der Waals surface area contributed by atoms with E-state index in [-0.39, 0.29) is 11.9 Å². The van der Waals surface area contributed by atoms with Crippen LogP contribution in [0.2, 0.25) is 0 Å². The molecule has 1 aliphatic carbocycles. The van der Waals surface area contributed by atoms with Gasteiger partial charge in [-0.15, -0.1) is 0 Å². The molecule has 1 amide bonds. The van der Waals surface area contributed by atoms with E-state index in [4.69, 9.17) is 0 Å². The fourth-order valence-corrected chi connectivity index (χ4v) is 3.54. The maximum atomic E-state index is 12.3. The van der Waals surface area contributed by atoms with Crippen LogP contribution in [0.1, 0.15) is 61.7 Å². The van der Waals surface area contributed by atoms with Crippen molar-refractivity contribution in [2.45, 2.75) is 63.5 Å². The molecule has 1 aromatic heterocycles. The van der Waals surface area contributed by atoms with Crippen LogP contribution in [0.3, 0.4) is 0 Å². The van der Waals surface area contributed by atoms with Crippen LogP contribution in [-0.2, 0) is 0 Å². The van der Waals surface area contributed by atoms with E-state index >= 15 is 0 Å². The Labute approximate surface area is 138 Å². The van der Waals surface area contributed by atoms with Gasteiger partial charge in [-0.1, -0.05) is 25.7 Å². The third kappa shape index (κ3) is 4.22. The van der Waals surface area contributed by atoms with Crippen molar-refractivity contribution in [2.75, 3.05) is 18.0 Å². The normalized spacial score (nSPS) is 25.7. The van der Waals surface area contributed by atoms with Crippen LogP contribution in [0, 0.1) is 0 Å². The average Bonchev–Trinajstić information content (AvgIpc) is 2.86. The van der Waals surface area contributed by atoms with Crippen molar-refractivity contribution in [1.82, 2.24) is 10.3 Å². The first-order valence-corrected chi connectivity index (χ1v) is 8.94. The third-order valence-corrected chi connectivity index (χ3v) is 4.99. The molecule has 3 rings (SSSR count). The van der Waals surface area contributed by atoms with Crippen molar-refractivity contribution >= 4 is 11.7 Å². The predicted octanol–water partition coefficient (Wildman–Crippen LogP) is 2.50. The van der Waals surface area contributed by atoms with E-state index in [9.17, 15) is 9.90 Å². The molecular formula is C18H27N3O2. The Morgan fingerprint density at radius 2 is 1.83 bits per heavy atom. The molecule has 1 saturated carbocycles. The van der Waals surface area contributed by atoms with Gasteiger partial charge in [0.15, 0.2) is 0 Å². The van der Waals surface area contributed by atoms with Gasteiger partial charge in [0.25, 0.3) is 5.91 Å². The zero-order valence-corrected chi connectivity index (χ0v) is 13.7. The van der Waals surface area contributed by atoms with Crippen LogP contribution in [0.15, 0.2) is 18.3 Å². The Morgan fingerprint density at radius 3 is 2.48 bits per heavy atom. The average molecular weight is 317 g/mol. The number of hydrogen-bond acceptors (Lipinski definition) is 4. The summed E-state index contributed by atoms with van der Waals surface area (Å²) in [4.78, 5) is 19.1. The summed E-state index contributed by atoms with van der Waals surface area (Å²) < 4.78 is 0. The van der Waals surface area contributed by atoms with Crippen LogP contribution in [0.25, 0.3) is 0 Å². The molecule has 0 radical (unpaired) electrons. The van der Waals surface area contributed by atoms with E-state index in [1.54, 1.807) is 6.20 Å². The number of aromatic nitrogens is 1. The fourth-order valence-electron chi connectivity index (χ4n) is 3.54. The van der Waals surface area contributed by atoms with E-state index in [0.29, 0.717) is 5.56 Å². The molecule has 2 unspecified atom stereocenters. The molecule has 5 nitrogen and oxygen atoms in total. The maximum absolute atomic E-state index is 12.3. The first-order chi connectivity index (χ1) is 11.2. The molecule has 0 spiro atoms. The van der Waals surface area contributed by atoms with Gasteiger partial charge in [0.2, 0.25) is 0 Å². The van der Waals surface area contributed by atoms with E-state index in [1.165, 1.54) is 25.7 Å². The van der Waals surface area contributed by atoms with Crippen molar-refractivity contribution in [3.63, 3.8) is 0 Å². The number of nitrogens with one attached hydrogen (secondary N) is 1. The number of nitrogens with zero attached hydrogens (tertiary/aromatic N) is 2. The van der Waals surface area contributed by atoms with Crippen LogP contribution in [-0.4, -0.2) is 41.2 Å². The van der Waals surface area contributed by atoms with Crippen LogP contribution < -0.4 is 10.2 Å². The quantitative estimate of drug-likeness (QED) is 0.899. The van der Waals surface area contributed by atoms with Crippen LogP contribution in [0.5, 0.6) is 0 Å². The molecular weight excluding hydrogens is 290 g/mol. The highest BCUT2D eigenvalue weighted by molar-refractivity contribution is 5.94. The lowest BCUT2D eigenvalue weighted by Crippen LogP contribution is -2.45. The first kappa shape index (κ1) is 16.2. The lowest BCUT2D eigenvalue weighted by molar-refractivity contribution is 0.0717. The third-order valence-electron chi connectivity index (χ3n) is 4.99. The van der Waals surface area contributed by atoms with E-state index < -0.39 is 6.10 Å². The minimum atomic E-state index is -0.419. The molecule has 5 heteroatoms. The lowest BCUT2D eigenvalue weighted by Gasteiger charge is -2.28. The summed E-state index contributed by atoms with van der Waals surface area (Å²) in [6.07, 6.45) is 9.98. The second-order valence-corrected chi connectivity index (χ2v) is 6.74. The smallest absolute Gasteiger partial charge is 0.253 e. The first-order valence-electron chi connectivity index (χ1n) is 8.94. The minimum absolute atomic E-state index is 0.124. The van der Waals surface area contributed by atoms with E-state index in [2.05, 4.69) is 15.2 Å². The second kappa shape index (κ2) is 7.77. The van der Waals surface area contributed by atoms with Gasteiger partial charge in [-0.2, -0.15) is 0 Å². The summed E-state index contributed by atoms with van der Waals surface area (Å²) in [5.41, 5.74) is 0.571. The Balaban J connectivity index is 1.60. The van der Waals surface area contributed by atoms with Crippen molar-refractivity contribution < 1.29 is 9.90 Å². The summed E-state index contributed by atoms with van der Waals surface area (Å²) in [6, 6.07) is 3.66. The molecule has 2 aliphatic rings. The number of rotatable bonds is 3. The zero-order chi connectivity index (χ0) is 16.1. The number of anilines is 1. The van der Waals surface area contributed by atoms with Crippen LogP contribution >= 0.6 is 0 Å². The highest BCUT2D eigenvalue weighted by Gasteiger charge is 2.25. The fraction of sp³-hybridized carbons (Fsp3) is 0.667. The molecule has 126 valence electrons. The van der Waals surface area contributed by atoms with Gasteiger partial charge < -0.3 is 15.3 Å². The second-order valence-electron chi connectivity index (χ2n) is 6.74. The number of pyridine rings is 1. The summed E-state index contributed by atoms with van der Waals surface area (Å²) in [7, 11) is 0. The number of hydrogen-bond donors (Lipinski definition) is 2. The molecule has 1 saturated heterocycles. The Bertz CT molecular complexity index is 510. The number of aliphatic hydroxyl groups excluding tert-OH is 1. The maximum Gasteiger partial charge on any atom is 0.253 e. The Hall–Kier alpha value is -1.62. The predicted molar refractivity (Wildman–Crippen MR) is 90.6 cm³/mol. The van der Waals surface area contributed by atoms with Gasteiger partial charge in [-0.3, -0.25) is 4.79 Å². The summed E-state index contributed by atoms with van der Waals surface area (Å²) in [5, 5.41) is 12.9. The van der Waals surface area contributed by atoms with Gasteiger partial charge in [0.1, 0.15) is 5.82 Å². The number of carbonyl (C=O) groups is 1. The van der Waals surface area contributed by atoms with Crippen LogP contribution in [0.4, 0.5) is 5.82 Å². The number of carbonyl (C=O) groups excluding carboxylic acids is 1. The van der Waals surface area contributed by atoms with Gasteiger partial charge in [-0.05, 0) is 37.8 Å². The van der Waals surface area contributed by atoms with E-state index in [0.717, 1.165) is 44.6 Å². The number of aliphatic hydroxyl groups is 1. The highest BCUT2D eigenvalue weighted by atomic mass is 16.3. The molecule has 2 N–H and O–H groups in total. The molecule has 0 bridgehead atoms. The van der Waals surface area contributed by atoms with Gasteiger partial charge in [0, 0.05) is 19.3 Å². The minimum Gasteiger partial charge on any atom is -0.391 e. The monoisotopic (exact) mass is 317 g/mol. The molecule has 23 heavy (non-hydrogen) atoms. The molecule has 2 atom stereocenters. The van der Waals surface area contributed by atoms with Crippen molar-refractivity contribution in [3.8, 4) is 0 Å². The molecule has 1 aromatic rings. The SMILES string of the molecule is O=C(NC1CCCCC1O)c1ccc(N2CCCCCC2)nc1. The molecule has 1 aliphatic heterocycles. The Kier molecular flexibility index (Phi) is 5.49. The van der Waals surface area contributed by atoms with Crippen molar-refractivity contribution in [1.29, 1.82) is 0 Å². The zero-order valence-electron chi connectivity index (χ0n) is 13.7. The van der Waals surface area contributed by atoms with E-state index in [1.807, 2.05) is 12.1 Å². The number of amides is 1. The summed E-state index contributed by atoms with van der Waals surface area (Å²) >= 11 is 0. The highest BCUT2D eigenvalue weighted by Crippen LogP contribution is 2.20. The molecule has 2 heterocycles. The van der Waals surface area contributed by atoms with Gasteiger partial charge in [0.05, 0.1) is 17.7 Å². The summed E-state index contributed by atoms with van der Waals surface area (Å²) in [5.74, 6) is 0.826. The molecule has 0 aromatic carbocycles. The lowest BCUT2D eigenvalue weighted by atomic mass is 9.92. The summed E-state index contributed by atoms with van der Waals surface area (Å²) in [6.45, 7) is 2.10. The van der Waals surface area contributed by atoms with Crippen molar-refractivity contribution in [3.05, 3.63) is 23.9 Å². The van der Waals surface area contributed by atoms with Crippen molar-refractivity contribution in [2.24, 2.45) is 0 Å². The molecule has 2 fully saturated rings. The van der Waals surface area contributed by atoms with Gasteiger partial charge >= 0.3 is 0 Å².